The van der Waals surface area contributed by atoms with E-state index in [2.05, 4.69) is 0 Å². The molecule has 1 N–H and O–H groups in total. The number of carboxylic acids is 1. The van der Waals surface area contributed by atoms with Crippen molar-refractivity contribution in [2.24, 2.45) is 17.3 Å². The van der Waals surface area contributed by atoms with Crippen molar-refractivity contribution in [3.05, 3.63) is 29.8 Å². The van der Waals surface area contributed by atoms with E-state index in [1.807, 2.05) is 36.1 Å². The predicted octanol–water partition coefficient (Wildman–Crippen LogP) is 2.59. The Bertz CT molecular complexity index is 617. The average Bonchev–Trinajstić information content (AvgIpc) is 3.29. The van der Waals surface area contributed by atoms with Gasteiger partial charge in [-0.2, -0.15) is 0 Å². The number of hydrogen-bond acceptors (Lipinski definition) is 3. The highest BCUT2D eigenvalue weighted by atomic mass is 16.5. The third-order valence-electron chi connectivity index (χ3n) is 5.68. The Morgan fingerprint density at radius 2 is 1.92 bits per heavy atom. The smallest absolute Gasteiger partial charge is 0.307 e. The van der Waals surface area contributed by atoms with Crippen LogP contribution in [0.25, 0.3) is 0 Å². The summed E-state index contributed by atoms with van der Waals surface area (Å²) in [5.41, 5.74) is 1.10. The van der Waals surface area contributed by atoms with Crippen LogP contribution in [0.1, 0.15) is 31.7 Å². The lowest BCUT2D eigenvalue weighted by atomic mass is 9.89. The quantitative estimate of drug-likeness (QED) is 0.900. The lowest BCUT2D eigenvalue weighted by molar-refractivity contribution is -0.140. The molecule has 1 amide bonds. The van der Waals surface area contributed by atoms with Crippen molar-refractivity contribution < 1.29 is 19.4 Å². The molecule has 1 spiro atoms. The number of rotatable bonds is 5. The van der Waals surface area contributed by atoms with Gasteiger partial charge in [0.15, 0.2) is 0 Å². The molecule has 2 fully saturated rings. The molecule has 2 aliphatic rings. The first-order valence-corrected chi connectivity index (χ1v) is 8.60. The Balaban J connectivity index is 1.52. The van der Waals surface area contributed by atoms with Gasteiger partial charge in [-0.1, -0.05) is 19.1 Å². The number of aliphatic carboxylic acids is 1. The van der Waals surface area contributed by atoms with Crippen molar-refractivity contribution in [1.29, 1.82) is 0 Å². The van der Waals surface area contributed by atoms with Gasteiger partial charge in [-0.15, -0.1) is 0 Å². The zero-order valence-electron chi connectivity index (χ0n) is 14.3. The molecule has 0 bridgehead atoms. The molecule has 1 saturated heterocycles. The second-order valence-corrected chi connectivity index (χ2v) is 7.24. The highest BCUT2D eigenvalue weighted by Crippen LogP contribution is 2.59. The summed E-state index contributed by atoms with van der Waals surface area (Å²) in [5.74, 6) is 0.0562. The van der Waals surface area contributed by atoms with Gasteiger partial charge >= 0.3 is 5.97 Å². The van der Waals surface area contributed by atoms with Crippen molar-refractivity contribution in [1.82, 2.24) is 4.90 Å². The molecular weight excluding hydrogens is 306 g/mol. The van der Waals surface area contributed by atoms with E-state index in [0.717, 1.165) is 30.6 Å². The molecule has 5 heteroatoms. The number of carbonyl (C=O) groups excluding carboxylic acids is 1. The maximum absolute atomic E-state index is 12.7. The minimum Gasteiger partial charge on any atom is -0.497 e. The van der Waals surface area contributed by atoms with Crippen LogP contribution in [0.4, 0.5) is 0 Å². The van der Waals surface area contributed by atoms with Crippen molar-refractivity contribution in [2.75, 3.05) is 20.2 Å². The summed E-state index contributed by atoms with van der Waals surface area (Å²) in [4.78, 5) is 25.7. The fourth-order valence-corrected chi connectivity index (χ4v) is 3.94. The first-order valence-electron chi connectivity index (χ1n) is 8.60. The van der Waals surface area contributed by atoms with E-state index in [0.29, 0.717) is 19.5 Å². The van der Waals surface area contributed by atoms with Gasteiger partial charge < -0.3 is 14.7 Å². The number of hydrogen-bond donors (Lipinski definition) is 1. The van der Waals surface area contributed by atoms with Gasteiger partial charge in [0.25, 0.3) is 0 Å². The first-order chi connectivity index (χ1) is 11.4. The Hall–Kier alpha value is -2.04. The topological polar surface area (TPSA) is 66.8 Å². The monoisotopic (exact) mass is 331 g/mol. The molecule has 130 valence electrons. The van der Waals surface area contributed by atoms with Gasteiger partial charge in [-0.25, -0.2) is 0 Å². The zero-order valence-corrected chi connectivity index (χ0v) is 14.3. The molecular formula is C19H25NO4. The number of carboxylic acid groups (broad SMARTS) is 1. The number of ether oxygens (including phenoxy) is 1. The molecule has 0 radical (unpaired) electrons. The van der Waals surface area contributed by atoms with Crippen LogP contribution < -0.4 is 4.74 Å². The minimum absolute atomic E-state index is 0.0260. The minimum atomic E-state index is -0.678. The molecule has 1 aliphatic carbocycles. The molecule has 5 nitrogen and oxygen atoms in total. The van der Waals surface area contributed by atoms with E-state index >= 15 is 0 Å². The van der Waals surface area contributed by atoms with Crippen LogP contribution in [0.5, 0.6) is 5.75 Å². The van der Waals surface area contributed by atoms with Crippen LogP contribution in [0.3, 0.4) is 0 Å². The highest BCUT2D eigenvalue weighted by molar-refractivity contribution is 5.79. The number of nitrogens with zero attached hydrogens (tertiary/aromatic N) is 1. The molecule has 2 unspecified atom stereocenters. The zero-order chi connectivity index (χ0) is 17.3. The van der Waals surface area contributed by atoms with Crippen LogP contribution in [0.2, 0.25) is 0 Å². The predicted molar refractivity (Wildman–Crippen MR) is 89.9 cm³/mol. The first kappa shape index (κ1) is 16.8. The fourth-order valence-electron chi connectivity index (χ4n) is 3.94. The summed E-state index contributed by atoms with van der Waals surface area (Å²) in [6, 6.07) is 7.82. The highest BCUT2D eigenvalue weighted by Gasteiger charge is 2.59. The van der Waals surface area contributed by atoms with Crippen molar-refractivity contribution in [3.8, 4) is 5.75 Å². The number of carbonyl (C=O) groups is 2. The number of benzene rings is 1. The Kier molecular flexibility index (Phi) is 4.52. The van der Waals surface area contributed by atoms with Crippen LogP contribution in [-0.2, 0) is 16.0 Å². The van der Waals surface area contributed by atoms with E-state index in [1.165, 1.54) is 0 Å². The van der Waals surface area contributed by atoms with E-state index < -0.39 is 5.97 Å². The molecule has 24 heavy (non-hydrogen) atoms. The molecule has 1 aliphatic heterocycles. The third-order valence-corrected chi connectivity index (χ3v) is 5.68. The lowest BCUT2D eigenvalue weighted by Crippen LogP contribution is -2.42. The van der Waals surface area contributed by atoms with E-state index in [-0.39, 0.29) is 23.2 Å². The van der Waals surface area contributed by atoms with Gasteiger partial charge in [0.1, 0.15) is 5.75 Å². The van der Waals surface area contributed by atoms with Crippen LogP contribution in [-0.4, -0.2) is 42.1 Å². The standard InChI is InChI=1S/C19H25NO4/c1-13(11-14-3-5-15(24-2)6-4-14)17(21)20-9-7-19(8-10-20)12-16(19)18(22)23/h3-6,13,16H,7-12H2,1-2H3,(H,22,23). The molecule has 3 rings (SSSR count). The van der Waals surface area contributed by atoms with Gasteiger partial charge in [0, 0.05) is 19.0 Å². The summed E-state index contributed by atoms with van der Waals surface area (Å²) in [6.45, 7) is 3.35. The molecule has 1 aromatic carbocycles. The number of methoxy groups -OCH3 is 1. The summed E-state index contributed by atoms with van der Waals surface area (Å²) >= 11 is 0. The summed E-state index contributed by atoms with van der Waals surface area (Å²) in [7, 11) is 1.64. The van der Waals surface area contributed by atoms with E-state index in [1.54, 1.807) is 7.11 Å². The van der Waals surface area contributed by atoms with Crippen molar-refractivity contribution >= 4 is 11.9 Å². The second-order valence-electron chi connectivity index (χ2n) is 7.24. The number of amides is 1. The molecule has 1 aromatic rings. The second kappa shape index (κ2) is 6.46. The van der Waals surface area contributed by atoms with E-state index in [9.17, 15) is 9.59 Å². The maximum atomic E-state index is 12.7. The van der Waals surface area contributed by atoms with Crippen molar-refractivity contribution in [2.45, 2.75) is 32.6 Å². The maximum Gasteiger partial charge on any atom is 0.307 e. The summed E-state index contributed by atoms with van der Waals surface area (Å²) < 4.78 is 5.15. The van der Waals surface area contributed by atoms with Gasteiger partial charge in [0.2, 0.25) is 5.91 Å². The van der Waals surface area contributed by atoms with Crippen LogP contribution in [0, 0.1) is 17.3 Å². The van der Waals surface area contributed by atoms with Gasteiger partial charge in [-0.05, 0) is 48.8 Å². The summed E-state index contributed by atoms with van der Waals surface area (Å²) in [5, 5.41) is 9.15. The molecule has 0 aromatic heterocycles. The number of piperidine rings is 1. The Morgan fingerprint density at radius 3 is 2.42 bits per heavy atom. The van der Waals surface area contributed by atoms with Crippen LogP contribution in [0.15, 0.2) is 24.3 Å². The Morgan fingerprint density at radius 1 is 1.29 bits per heavy atom. The van der Waals surface area contributed by atoms with Gasteiger partial charge in [0.05, 0.1) is 13.0 Å². The molecule has 2 atom stereocenters. The van der Waals surface area contributed by atoms with E-state index in [4.69, 9.17) is 9.84 Å². The lowest BCUT2D eigenvalue weighted by Gasteiger charge is -2.34. The fraction of sp³-hybridized carbons (Fsp3) is 0.579. The normalized spacial score (nSPS) is 22.9. The largest absolute Gasteiger partial charge is 0.497 e. The summed E-state index contributed by atoms with van der Waals surface area (Å²) in [6.07, 6.45) is 3.14. The third kappa shape index (κ3) is 3.25. The number of likely N-dealkylation sites (tertiary alicyclic amines) is 1. The van der Waals surface area contributed by atoms with Crippen LogP contribution >= 0.6 is 0 Å². The van der Waals surface area contributed by atoms with Gasteiger partial charge in [-0.3, -0.25) is 9.59 Å². The Labute approximate surface area is 142 Å². The van der Waals surface area contributed by atoms with Crippen molar-refractivity contribution in [3.63, 3.8) is 0 Å². The molecule has 1 saturated carbocycles. The average molecular weight is 331 g/mol. The SMILES string of the molecule is COc1ccc(CC(C)C(=O)N2CCC3(CC2)CC3C(=O)O)cc1. The molecule has 1 heterocycles.